The summed E-state index contributed by atoms with van der Waals surface area (Å²) in [4.78, 5) is 0. The first-order valence-electron chi connectivity index (χ1n) is 6.75. The zero-order valence-electron chi connectivity index (χ0n) is 11.7. The van der Waals surface area contributed by atoms with Gasteiger partial charge in [0.25, 0.3) is 0 Å². The predicted molar refractivity (Wildman–Crippen MR) is 68.9 cm³/mol. The monoisotopic (exact) mass is 244 g/mol. The normalized spacial score (nSPS) is 33.7. The predicted octanol–water partition coefficient (Wildman–Crippen LogP) is 2.35. The molecule has 0 spiro atoms. The van der Waals surface area contributed by atoms with Gasteiger partial charge < -0.3 is 14.9 Å². The SMILES string of the molecule is CC(C)C1CCC(C)(OCC(C)(O)CO)CC1. The summed E-state index contributed by atoms with van der Waals surface area (Å²) >= 11 is 0. The van der Waals surface area contributed by atoms with Crippen LogP contribution >= 0.6 is 0 Å². The van der Waals surface area contributed by atoms with E-state index in [4.69, 9.17) is 9.84 Å². The number of rotatable bonds is 5. The largest absolute Gasteiger partial charge is 0.393 e. The van der Waals surface area contributed by atoms with E-state index in [-0.39, 0.29) is 18.8 Å². The lowest BCUT2D eigenvalue weighted by Crippen LogP contribution is -2.42. The van der Waals surface area contributed by atoms with Gasteiger partial charge >= 0.3 is 0 Å². The smallest absolute Gasteiger partial charge is 0.108 e. The minimum Gasteiger partial charge on any atom is -0.393 e. The molecule has 102 valence electrons. The van der Waals surface area contributed by atoms with Crippen LogP contribution in [0.3, 0.4) is 0 Å². The Morgan fingerprint density at radius 3 is 2.29 bits per heavy atom. The van der Waals surface area contributed by atoms with E-state index in [1.165, 1.54) is 12.8 Å². The summed E-state index contributed by atoms with van der Waals surface area (Å²) in [6.07, 6.45) is 4.51. The molecule has 3 heteroatoms. The Balaban J connectivity index is 2.40. The molecule has 1 fully saturated rings. The summed E-state index contributed by atoms with van der Waals surface area (Å²) in [5.74, 6) is 1.56. The highest BCUT2D eigenvalue weighted by atomic mass is 16.5. The maximum Gasteiger partial charge on any atom is 0.108 e. The fraction of sp³-hybridized carbons (Fsp3) is 1.00. The van der Waals surface area contributed by atoms with Crippen LogP contribution in [-0.4, -0.2) is 34.6 Å². The third-order valence-corrected chi connectivity index (χ3v) is 4.10. The van der Waals surface area contributed by atoms with Gasteiger partial charge in [0.2, 0.25) is 0 Å². The van der Waals surface area contributed by atoms with Gasteiger partial charge in [0, 0.05) is 0 Å². The molecule has 1 aliphatic carbocycles. The van der Waals surface area contributed by atoms with Crippen LogP contribution < -0.4 is 0 Å². The van der Waals surface area contributed by atoms with Crippen molar-refractivity contribution in [2.75, 3.05) is 13.2 Å². The molecule has 0 heterocycles. The van der Waals surface area contributed by atoms with Crippen molar-refractivity contribution in [3.8, 4) is 0 Å². The van der Waals surface area contributed by atoms with Crippen molar-refractivity contribution in [3.05, 3.63) is 0 Å². The molecule has 0 amide bonds. The zero-order chi connectivity index (χ0) is 13.1. The molecule has 0 aliphatic heterocycles. The van der Waals surface area contributed by atoms with Gasteiger partial charge in [-0.3, -0.25) is 0 Å². The first kappa shape index (κ1) is 14.9. The lowest BCUT2D eigenvalue weighted by atomic mass is 9.75. The number of aliphatic hydroxyl groups excluding tert-OH is 1. The van der Waals surface area contributed by atoms with E-state index in [0.717, 1.165) is 24.7 Å². The van der Waals surface area contributed by atoms with Crippen LogP contribution in [0, 0.1) is 11.8 Å². The number of aliphatic hydroxyl groups is 2. The van der Waals surface area contributed by atoms with Gasteiger partial charge in [-0.2, -0.15) is 0 Å². The molecule has 17 heavy (non-hydrogen) atoms. The number of hydrogen-bond acceptors (Lipinski definition) is 3. The Hall–Kier alpha value is -0.120. The van der Waals surface area contributed by atoms with Crippen molar-refractivity contribution >= 4 is 0 Å². The van der Waals surface area contributed by atoms with E-state index < -0.39 is 5.60 Å². The molecule has 0 aromatic carbocycles. The standard InChI is InChI=1S/C14H28O3/c1-11(2)12-5-7-14(4,8-6-12)17-10-13(3,16)9-15/h11-12,15-16H,5-10H2,1-4H3. The highest BCUT2D eigenvalue weighted by molar-refractivity contribution is 4.85. The first-order valence-corrected chi connectivity index (χ1v) is 6.75. The molecule has 2 N–H and O–H groups in total. The van der Waals surface area contributed by atoms with E-state index in [2.05, 4.69) is 20.8 Å². The average Bonchev–Trinajstić information content (AvgIpc) is 2.27. The van der Waals surface area contributed by atoms with Crippen molar-refractivity contribution in [1.29, 1.82) is 0 Å². The minimum absolute atomic E-state index is 0.120. The zero-order valence-corrected chi connectivity index (χ0v) is 11.7. The lowest BCUT2D eigenvalue weighted by Gasteiger charge is -2.40. The van der Waals surface area contributed by atoms with E-state index in [1.54, 1.807) is 6.92 Å². The number of hydrogen-bond donors (Lipinski definition) is 2. The topological polar surface area (TPSA) is 49.7 Å². The van der Waals surface area contributed by atoms with Crippen LogP contribution in [0.15, 0.2) is 0 Å². The Kier molecular flexibility index (Phi) is 4.99. The molecular formula is C14H28O3. The third-order valence-electron chi connectivity index (χ3n) is 4.10. The molecule has 1 rings (SSSR count). The van der Waals surface area contributed by atoms with Crippen LogP contribution in [0.25, 0.3) is 0 Å². The molecule has 0 saturated heterocycles. The van der Waals surface area contributed by atoms with Gasteiger partial charge in [-0.05, 0) is 51.4 Å². The van der Waals surface area contributed by atoms with E-state index in [1.807, 2.05) is 0 Å². The molecule has 0 aromatic rings. The maximum atomic E-state index is 9.73. The Morgan fingerprint density at radius 2 is 1.88 bits per heavy atom. The van der Waals surface area contributed by atoms with Crippen LogP contribution in [-0.2, 0) is 4.74 Å². The second-order valence-electron chi connectivity index (χ2n) is 6.48. The summed E-state index contributed by atoms with van der Waals surface area (Å²) in [5.41, 5.74) is -1.23. The molecule has 1 aliphatic rings. The van der Waals surface area contributed by atoms with Crippen molar-refractivity contribution in [1.82, 2.24) is 0 Å². The van der Waals surface area contributed by atoms with E-state index >= 15 is 0 Å². The van der Waals surface area contributed by atoms with Crippen molar-refractivity contribution in [2.45, 2.75) is 64.6 Å². The van der Waals surface area contributed by atoms with Crippen LogP contribution in [0.4, 0.5) is 0 Å². The fourth-order valence-electron chi connectivity index (χ4n) is 2.44. The Labute approximate surface area is 105 Å². The second-order valence-corrected chi connectivity index (χ2v) is 6.48. The third kappa shape index (κ3) is 4.57. The first-order chi connectivity index (χ1) is 7.78. The molecule has 3 nitrogen and oxygen atoms in total. The molecule has 1 atom stereocenters. The lowest BCUT2D eigenvalue weighted by molar-refractivity contribution is -0.136. The summed E-state index contributed by atoms with van der Waals surface area (Å²) in [6.45, 7) is 8.26. The Morgan fingerprint density at radius 1 is 1.35 bits per heavy atom. The highest BCUT2D eigenvalue weighted by Gasteiger charge is 2.34. The van der Waals surface area contributed by atoms with Gasteiger partial charge in [-0.25, -0.2) is 0 Å². The van der Waals surface area contributed by atoms with E-state index in [0.29, 0.717) is 0 Å². The summed E-state index contributed by atoms with van der Waals surface area (Å²) in [6, 6.07) is 0. The summed E-state index contributed by atoms with van der Waals surface area (Å²) < 4.78 is 5.84. The second kappa shape index (κ2) is 5.68. The van der Waals surface area contributed by atoms with Crippen molar-refractivity contribution in [3.63, 3.8) is 0 Å². The quantitative estimate of drug-likeness (QED) is 0.780. The molecule has 0 radical (unpaired) electrons. The summed E-state index contributed by atoms with van der Waals surface area (Å²) in [5, 5.41) is 18.7. The minimum atomic E-state index is -1.11. The Bertz CT molecular complexity index is 228. The van der Waals surface area contributed by atoms with Crippen LogP contribution in [0.1, 0.15) is 53.4 Å². The number of ether oxygens (including phenoxy) is 1. The molecule has 0 aromatic heterocycles. The van der Waals surface area contributed by atoms with Crippen molar-refractivity contribution < 1.29 is 14.9 Å². The van der Waals surface area contributed by atoms with Crippen molar-refractivity contribution in [2.24, 2.45) is 11.8 Å². The fourth-order valence-corrected chi connectivity index (χ4v) is 2.44. The highest BCUT2D eigenvalue weighted by Crippen LogP contribution is 2.38. The van der Waals surface area contributed by atoms with Gasteiger partial charge in [0.05, 0.1) is 18.8 Å². The van der Waals surface area contributed by atoms with Gasteiger partial charge in [-0.15, -0.1) is 0 Å². The molecule has 1 saturated carbocycles. The molecule has 1 unspecified atom stereocenters. The molecular weight excluding hydrogens is 216 g/mol. The van der Waals surface area contributed by atoms with Crippen LogP contribution in [0.2, 0.25) is 0 Å². The van der Waals surface area contributed by atoms with Gasteiger partial charge in [0.15, 0.2) is 0 Å². The average molecular weight is 244 g/mol. The maximum absolute atomic E-state index is 9.73. The van der Waals surface area contributed by atoms with Gasteiger partial charge in [-0.1, -0.05) is 13.8 Å². The summed E-state index contributed by atoms with van der Waals surface area (Å²) in [7, 11) is 0. The van der Waals surface area contributed by atoms with E-state index in [9.17, 15) is 5.11 Å². The van der Waals surface area contributed by atoms with Gasteiger partial charge in [0.1, 0.15) is 5.60 Å². The molecule has 0 bridgehead atoms. The van der Waals surface area contributed by atoms with Crippen LogP contribution in [0.5, 0.6) is 0 Å².